The Bertz CT molecular complexity index is 533. The maximum absolute atomic E-state index is 11.9. The molecule has 0 radical (unpaired) electrons. The Morgan fingerprint density at radius 3 is 2.96 bits per heavy atom. The predicted molar refractivity (Wildman–Crippen MR) is 86.8 cm³/mol. The molecule has 0 aliphatic carbocycles. The first kappa shape index (κ1) is 17.8. The van der Waals surface area contributed by atoms with E-state index in [1.54, 1.807) is 4.90 Å². The number of hydrogen-bond acceptors (Lipinski definition) is 6. The second-order valence-corrected chi connectivity index (χ2v) is 7.00. The summed E-state index contributed by atoms with van der Waals surface area (Å²) >= 11 is 1.21. The van der Waals surface area contributed by atoms with Crippen molar-refractivity contribution < 1.29 is 14.0 Å². The lowest BCUT2D eigenvalue weighted by Crippen LogP contribution is -2.29. The van der Waals surface area contributed by atoms with E-state index in [1.807, 2.05) is 13.8 Å². The predicted octanol–water partition coefficient (Wildman–Crippen LogP) is 1.84. The lowest BCUT2D eigenvalue weighted by atomic mass is 10.2. The maximum atomic E-state index is 11.9. The Morgan fingerprint density at radius 2 is 2.17 bits per heavy atom. The molecule has 0 saturated carbocycles. The molecule has 2 amide bonds. The van der Waals surface area contributed by atoms with Gasteiger partial charge in [-0.05, 0) is 18.8 Å². The molecule has 0 aromatic carbocycles. The molecule has 0 bridgehead atoms. The monoisotopic (exact) mass is 340 g/mol. The quantitative estimate of drug-likeness (QED) is 0.762. The summed E-state index contributed by atoms with van der Waals surface area (Å²) in [5, 5.41) is 11.1. The molecule has 7 nitrogen and oxygen atoms in total. The number of rotatable bonds is 7. The Hall–Kier alpha value is -1.57. The van der Waals surface area contributed by atoms with E-state index in [0.29, 0.717) is 36.5 Å². The van der Waals surface area contributed by atoms with Crippen LogP contribution in [0.3, 0.4) is 0 Å². The van der Waals surface area contributed by atoms with Crippen molar-refractivity contribution in [1.29, 1.82) is 0 Å². The van der Waals surface area contributed by atoms with Gasteiger partial charge in [0, 0.05) is 19.5 Å². The molecule has 1 aromatic heterocycles. The smallest absolute Gasteiger partial charge is 0.277 e. The molecule has 1 N–H and O–H groups in total. The highest BCUT2D eigenvalue weighted by molar-refractivity contribution is 7.99. The van der Waals surface area contributed by atoms with Gasteiger partial charge in [0.05, 0.1) is 12.3 Å². The summed E-state index contributed by atoms with van der Waals surface area (Å²) in [6.07, 6.45) is 3.63. The summed E-state index contributed by atoms with van der Waals surface area (Å²) in [6, 6.07) is 0. The van der Waals surface area contributed by atoms with Crippen LogP contribution < -0.4 is 5.32 Å². The van der Waals surface area contributed by atoms with Crippen molar-refractivity contribution in [3.8, 4) is 0 Å². The van der Waals surface area contributed by atoms with Crippen LogP contribution >= 0.6 is 11.8 Å². The molecule has 1 saturated heterocycles. The van der Waals surface area contributed by atoms with Crippen LogP contribution in [0, 0.1) is 5.92 Å². The summed E-state index contributed by atoms with van der Waals surface area (Å²) in [5.41, 5.74) is 0. The lowest BCUT2D eigenvalue weighted by molar-refractivity contribution is -0.131. The molecule has 23 heavy (non-hydrogen) atoms. The molecular weight excluding hydrogens is 316 g/mol. The van der Waals surface area contributed by atoms with Crippen LogP contribution in [0.5, 0.6) is 0 Å². The van der Waals surface area contributed by atoms with E-state index in [-0.39, 0.29) is 17.6 Å². The minimum absolute atomic E-state index is 0.0499. The van der Waals surface area contributed by atoms with Gasteiger partial charge in [-0.25, -0.2) is 0 Å². The number of likely N-dealkylation sites (tertiary alicyclic amines) is 1. The van der Waals surface area contributed by atoms with Gasteiger partial charge in [-0.15, -0.1) is 10.2 Å². The van der Waals surface area contributed by atoms with E-state index >= 15 is 0 Å². The van der Waals surface area contributed by atoms with Gasteiger partial charge in [0.1, 0.15) is 0 Å². The van der Waals surface area contributed by atoms with Gasteiger partial charge < -0.3 is 14.6 Å². The number of hydrogen-bond donors (Lipinski definition) is 1. The van der Waals surface area contributed by atoms with Crippen LogP contribution in [0.4, 0.5) is 0 Å². The van der Waals surface area contributed by atoms with Crippen LogP contribution in [0.2, 0.25) is 0 Å². The molecular formula is C15H24N4O3S. The summed E-state index contributed by atoms with van der Waals surface area (Å²) in [7, 11) is 0. The van der Waals surface area contributed by atoms with Crippen molar-refractivity contribution in [2.45, 2.75) is 51.3 Å². The first-order valence-electron chi connectivity index (χ1n) is 8.04. The molecule has 0 spiro atoms. The fourth-order valence-electron chi connectivity index (χ4n) is 2.23. The average Bonchev–Trinajstić information content (AvgIpc) is 2.87. The summed E-state index contributed by atoms with van der Waals surface area (Å²) in [4.78, 5) is 25.4. The minimum Gasteiger partial charge on any atom is -0.414 e. The molecule has 1 aliphatic heterocycles. The molecule has 128 valence electrons. The third kappa shape index (κ3) is 6.21. The Morgan fingerprint density at radius 1 is 1.35 bits per heavy atom. The first-order chi connectivity index (χ1) is 11.0. The zero-order valence-electron chi connectivity index (χ0n) is 13.7. The van der Waals surface area contributed by atoms with Crippen molar-refractivity contribution in [3.63, 3.8) is 0 Å². The van der Waals surface area contributed by atoms with Gasteiger partial charge in [0.25, 0.3) is 5.22 Å². The molecule has 1 aromatic rings. The molecule has 0 atom stereocenters. The molecule has 2 rings (SSSR count). The van der Waals surface area contributed by atoms with Crippen molar-refractivity contribution in [2.24, 2.45) is 5.92 Å². The highest BCUT2D eigenvalue weighted by Crippen LogP contribution is 2.18. The molecule has 1 aliphatic rings. The minimum atomic E-state index is -0.0499. The van der Waals surface area contributed by atoms with Crippen molar-refractivity contribution in [1.82, 2.24) is 20.4 Å². The van der Waals surface area contributed by atoms with Gasteiger partial charge >= 0.3 is 0 Å². The Kier molecular flexibility index (Phi) is 6.88. The van der Waals surface area contributed by atoms with Gasteiger partial charge in [-0.3, -0.25) is 9.59 Å². The largest absolute Gasteiger partial charge is 0.414 e. The third-order valence-electron chi connectivity index (χ3n) is 3.48. The highest BCUT2D eigenvalue weighted by atomic mass is 32.2. The van der Waals surface area contributed by atoms with Crippen LogP contribution in [0.15, 0.2) is 9.64 Å². The van der Waals surface area contributed by atoms with E-state index in [0.717, 1.165) is 25.8 Å². The average molecular weight is 340 g/mol. The SMILES string of the molecule is CC(C)CNC(=O)CSc1nnc(CN2CCCCCC2=O)o1. The van der Waals surface area contributed by atoms with Gasteiger partial charge in [-0.2, -0.15) is 0 Å². The van der Waals surface area contributed by atoms with E-state index in [1.165, 1.54) is 11.8 Å². The van der Waals surface area contributed by atoms with E-state index in [9.17, 15) is 9.59 Å². The van der Waals surface area contributed by atoms with Crippen molar-refractivity contribution >= 4 is 23.6 Å². The van der Waals surface area contributed by atoms with Crippen LogP contribution in [0.1, 0.15) is 45.4 Å². The van der Waals surface area contributed by atoms with Crippen molar-refractivity contribution in [3.05, 3.63) is 5.89 Å². The molecule has 8 heteroatoms. The van der Waals surface area contributed by atoms with E-state index in [4.69, 9.17) is 4.42 Å². The first-order valence-corrected chi connectivity index (χ1v) is 9.03. The van der Waals surface area contributed by atoms with Gasteiger partial charge in [0.2, 0.25) is 17.7 Å². The summed E-state index contributed by atoms with van der Waals surface area (Å²) in [6.45, 7) is 5.84. The Balaban J connectivity index is 1.78. The van der Waals surface area contributed by atoms with E-state index < -0.39 is 0 Å². The number of aromatic nitrogens is 2. The zero-order valence-corrected chi connectivity index (χ0v) is 14.5. The second-order valence-electron chi connectivity index (χ2n) is 6.07. The number of amides is 2. The summed E-state index contributed by atoms with van der Waals surface area (Å²) in [5.74, 6) is 1.18. The number of carbonyl (C=O) groups is 2. The fourth-order valence-corrected chi connectivity index (χ4v) is 2.84. The third-order valence-corrected chi connectivity index (χ3v) is 4.30. The second kappa shape index (κ2) is 8.90. The number of thioether (sulfide) groups is 1. The topological polar surface area (TPSA) is 88.3 Å². The van der Waals surface area contributed by atoms with Crippen LogP contribution in [0.25, 0.3) is 0 Å². The standard InChI is InChI=1S/C15H24N4O3S/c1-11(2)8-16-12(20)10-23-15-18-17-13(22-15)9-19-7-5-3-4-6-14(19)21/h11H,3-10H2,1-2H3,(H,16,20). The van der Waals surface area contributed by atoms with Crippen LogP contribution in [-0.4, -0.2) is 45.8 Å². The van der Waals surface area contributed by atoms with Gasteiger partial charge in [-0.1, -0.05) is 32.0 Å². The van der Waals surface area contributed by atoms with Gasteiger partial charge in [0.15, 0.2) is 0 Å². The molecule has 0 unspecified atom stereocenters. The molecule has 1 fully saturated rings. The number of nitrogens with zero attached hydrogens (tertiary/aromatic N) is 3. The molecule has 2 heterocycles. The van der Waals surface area contributed by atoms with E-state index in [2.05, 4.69) is 15.5 Å². The lowest BCUT2D eigenvalue weighted by Gasteiger charge is -2.17. The Labute approximate surface area is 140 Å². The highest BCUT2D eigenvalue weighted by Gasteiger charge is 2.19. The fraction of sp³-hybridized carbons (Fsp3) is 0.733. The normalized spacial score (nSPS) is 15.8. The zero-order chi connectivity index (χ0) is 16.7. The number of nitrogens with one attached hydrogen (secondary N) is 1. The maximum Gasteiger partial charge on any atom is 0.277 e. The number of carbonyl (C=O) groups excluding carboxylic acids is 2. The summed E-state index contributed by atoms with van der Waals surface area (Å²) < 4.78 is 5.52. The van der Waals surface area contributed by atoms with Crippen LogP contribution in [-0.2, 0) is 16.1 Å². The van der Waals surface area contributed by atoms with Crippen molar-refractivity contribution in [2.75, 3.05) is 18.8 Å².